The van der Waals surface area contributed by atoms with Crippen LogP contribution in [0.25, 0.3) is 0 Å². The first-order valence-corrected chi connectivity index (χ1v) is 6.21. The van der Waals surface area contributed by atoms with Crippen molar-refractivity contribution in [2.75, 3.05) is 5.75 Å². The molecule has 12 heavy (non-hydrogen) atoms. The molecule has 7 heteroatoms. The molecule has 0 bridgehead atoms. The normalized spacial score (nSPS) is 34.8. The molecule has 2 fully saturated rings. The van der Waals surface area contributed by atoms with Crippen LogP contribution in [0.1, 0.15) is 6.42 Å². The monoisotopic (exact) mass is 209 g/mol. The Hall–Kier alpha value is -0.0300. The van der Waals surface area contributed by atoms with Gasteiger partial charge in [0.15, 0.2) is 0 Å². The zero-order chi connectivity index (χ0) is 8.93. The van der Waals surface area contributed by atoms with Crippen molar-refractivity contribution in [2.24, 2.45) is 0 Å². The molecule has 0 aromatic rings. The van der Waals surface area contributed by atoms with Crippen LogP contribution in [0.4, 0.5) is 0 Å². The Bertz CT molecular complexity index is 277. The maximum Gasteiger partial charge on any atom is 0.348 e. The van der Waals surface area contributed by atoms with E-state index >= 15 is 0 Å². The topological polar surface area (TPSA) is 77.8 Å². The molecule has 2 N–H and O–H groups in total. The number of rotatable bonds is 1. The molecule has 2 saturated heterocycles. The predicted octanol–water partition coefficient (Wildman–Crippen LogP) is -0.205. The molecule has 0 saturated carbocycles. The summed E-state index contributed by atoms with van der Waals surface area (Å²) in [7, 11) is -4.11. The van der Waals surface area contributed by atoms with E-state index in [1.54, 1.807) is 0 Å². The Morgan fingerprint density at radius 2 is 2.25 bits per heavy atom. The highest BCUT2D eigenvalue weighted by atomic mass is 32.2. The van der Waals surface area contributed by atoms with E-state index in [-0.39, 0.29) is 11.3 Å². The fraction of sp³-hybridized carbons (Fsp3) is 0.800. The Morgan fingerprint density at radius 3 is 2.67 bits per heavy atom. The van der Waals surface area contributed by atoms with E-state index in [1.807, 2.05) is 0 Å². The van der Waals surface area contributed by atoms with Gasteiger partial charge in [0, 0.05) is 5.75 Å². The van der Waals surface area contributed by atoms with E-state index in [1.165, 1.54) is 16.7 Å². The number of thioether (sulfide) groups is 1. The van der Waals surface area contributed by atoms with Gasteiger partial charge in [0.05, 0.1) is 11.8 Å². The van der Waals surface area contributed by atoms with Gasteiger partial charge in [0.1, 0.15) is 5.78 Å². The third-order valence-electron chi connectivity index (χ3n) is 2.09. The van der Waals surface area contributed by atoms with Gasteiger partial charge in [-0.05, 0) is 0 Å². The second kappa shape index (κ2) is 2.48. The van der Waals surface area contributed by atoms with E-state index in [2.05, 4.69) is 0 Å². The fourth-order valence-corrected chi connectivity index (χ4v) is 4.41. The van der Waals surface area contributed by atoms with E-state index in [0.717, 1.165) is 0 Å². The summed E-state index contributed by atoms with van der Waals surface area (Å²) < 4.78 is 10.9. The molecule has 1 amide bonds. The molecule has 0 spiro atoms. The van der Waals surface area contributed by atoms with Crippen LogP contribution >= 0.6 is 19.4 Å². The van der Waals surface area contributed by atoms with E-state index < -0.39 is 13.4 Å². The number of carbonyl (C=O) groups is 1. The summed E-state index contributed by atoms with van der Waals surface area (Å²) in [5, 5.41) is 0.0233. The number of nitrogens with zero attached hydrogens (tertiary/aromatic N) is 1. The van der Waals surface area contributed by atoms with E-state index in [9.17, 15) is 9.36 Å². The van der Waals surface area contributed by atoms with E-state index in [0.29, 0.717) is 12.2 Å². The molecular formula is C5H8NO4PS. The minimum Gasteiger partial charge on any atom is -0.323 e. The van der Waals surface area contributed by atoms with Crippen LogP contribution in [-0.4, -0.2) is 37.5 Å². The second-order valence-electron chi connectivity index (χ2n) is 2.86. The van der Waals surface area contributed by atoms with Gasteiger partial charge in [-0.15, -0.1) is 11.8 Å². The van der Waals surface area contributed by atoms with Gasteiger partial charge in [-0.2, -0.15) is 0 Å². The van der Waals surface area contributed by atoms with Crippen LogP contribution < -0.4 is 0 Å². The first-order chi connectivity index (χ1) is 5.50. The SMILES string of the molecule is O=C1C[C@H]2SCC(P(=O)(O)O)N12. The molecule has 68 valence electrons. The summed E-state index contributed by atoms with van der Waals surface area (Å²) in [6, 6.07) is 0. The quantitative estimate of drug-likeness (QED) is 0.461. The van der Waals surface area contributed by atoms with Crippen LogP contribution in [-0.2, 0) is 9.36 Å². The smallest absolute Gasteiger partial charge is 0.323 e. The molecule has 2 aliphatic heterocycles. The zero-order valence-corrected chi connectivity index (χ0v) is 7.79. The van der Waals surface area contributed by atoms with E-state index in [4.69, 9.17) is 9.79 Å². The van der Waals surface area contributed by atoms with Crippen LogP contribution in [0.3, 0.4) is 0 Å². The molecule has 1 unspecified atom stereocenters. The number of β-lactam (4-membered cyclic amide) rings is 1. The van der Waals surface area contributed by atoms with Gasteiger partial charge >= 0.3 is 7.60 Å². The second-order valence-corrected chi connectivity index (χ2v) is 5.85. The zero-order valence-electron chi connectivity index (χ0n) is 6.08. The van der Waals surface area contributed by atoms with Crippen molar-refractivity contribution in [3.05, 3.63) is 0 Å². The van der Waals surface area contributed by atoms with Crippen LogP contribution in [0.2, 0.25) is 0 Å². The summed E-state index contributed by atoms with van der Waals surface area (Å²) in [4.78, 5) is 30.0. The first-order valence-electron chi connectivity index (χ1n) is 3.48. The van der Waals surface area contributed by atoms with Crippen LogP contribution in [0.15, 0.2) is 0 Å². The molecule has 2 atom stereocenters. The van der Waals surface area contributed by atoms with Crippen molar-refractivity contribution in [1.82, 2.24) is 4.90 Å². The lowest BCUT2D eigenvalue weighted by molar-refractivity contribution is -0.141. The molecule has 0 aromatic carbocycles. The third-order valence-corrected chi connectivity index (χ3v) is 4.84. The summed E-state index contributed by atoms with van der Waals surface area (Å²) in [5.74, 6) is -0.646. The third kappa shape index (κ3) is 1.10. The average molecular weight is 209 g/mol. The van der Waals surface area contributed by atoms with Crippen molar-refractivity contribution in [3.63, 3.8) is 0 Å². The lowest BCUT2D eigenvalue weighted by atomic mass is 10.2. The number of hydrogen-bond donors (Lipinski definition) is 2. The predicted molar refractivity (Wildman–Crippen MR) is 43.5 cm³/mol. The van der Waals surface area contributed by atoms with Crippen molar-refractivity contribution >= 4 is 25.3 Å². The standard InChI is InChI=1S/C5H8NO4PS/c7-3-1-5-6(3)4(2-12-5)11(8,9)10/h4-5H,1-2H2,(H2,8,9,10)/t4?,5-/m1/s1. The Kier molecular flexibility index (Phi) is 1.77. The maximum atomic E-state index is 10.9. The van der Waals surface area contributed by atoms with Gasteiger partial charge in [-0.3, -0.25) is 9.36 Å². The molecule has 0 aliphatic carbocycles. The van der Waals surface area contributed by atoms with Gasteiger partial charge in [0.25, 0.3) is 0 Å². The largest absolute Gasteiger partial charge is 0.348 e. The molecule has 2 rings (SSSR count). The minimum absolute atomic E-state index is 0.0233. The van der Waals surface area contributed by atoms with Crippen LogP contribution in [0, 0.1) is 0 Å². The molecule has 0 radical (unpaired) electrons. The lowest BCUT2D eigenvalue weighted by Crippen LogP contribution is -2.51. The maximum absolute atomic E-state index is 10.9. The number of fused-ring (bicyclic) bond motifs is 1. The molecule has 0 aromatic heterocycles. The Labute approximate surface area is 73.3 Å². The van der Waals surface area contributed by atoms with Crippen molar-refractivity contribution in [3.8, 4) is 0 Å². The van der Waals surface area contributed by atoms with Gasteiger partial charge in [0.2, 0.25) is 5.91 Å². The molecule has 2 heterocycles. The Balaban J connectivity index is 2.20. The summed E-state index contributed by atoms with van der Waals surface area (Å²) in [5.41, 5.74) is 0. The molecular weight excluding hydrogens is 201 g/mol. The van der Waals surface area contributed by atoms with Crippen molar-refractivity contribution in [2.45, 2.75) is 17.6 Å². The van der Waals surface area contributed by atoms with Crippen LogP contribution in [0.5, 0.6) is 0 Å². The number of carbonyl (C=O) groups excluding carboxylic acids is 1. The molecule has 2 aliphatic rings. The molecule has 5 nitrogen and oxygen atoms in total. The number of amides is 1. The van der Waals surface area contributed by atoms with Gasteiger partial charge in [-0.1, -0.05) is 0 Å². The van der Waals surface area contributed by atoms with Crippen molar-refractivity contribution < 1.29 is 19.1 Å². The summed E-state index contributed by atoms with van der Waals surface area (Å²) in [6.07, 6.45) is 0.432. The highest BCUT2D eigenvalue weighted by molar-refractivity contribution is 8.00. The minimum atomic E-state index is -4.11. The number of hydrogen-bond acceptors (Lipinski definition) is 3. The first kappa shape index (κ1) is 8.56. The highest BCUT2D eigenvalue weighted by Crippen LogP contribution is 2.53. The summed E-state index contributed by atoms with van der Waals surface area (Å²) in [6.45, 7) is 0. The highest BCUT2D eigenvalue weighted by Gasteiger charge is 2.52. The van der Waals surface area contributed by atoms with Crippen molar-refractivity contribution in [1.29, 1.82) is 0 Å². The van der Waals surface area contributed by atoms with Gasteiger partial charge in [-0.25, -0.2) is 0 Å². The van der Waals surface area contributed by atoms with Gasteiger partial charge < -0.3 is 14.7 Å². The average Bonchev–Trinajstić information content (AvgIpc) is 2.24. The lowest BCUT2D eigenvalue weighted by Gasteiger charge is -2.37. The fourth-order valence-electron chi connectivity index (χ4n) is 1.44. The summed E-state index contributed by atoms with van der Waals surface area (Å²) >= 11 is 1.44. The Morgan fingerprint density at radius 1 is 1.58 bits per heavy atom.